The monoisotopic (exact) mass is 389 g/mol. The second-order valence-electron chi connectivity index (χ2n) is 6.98. The molecule has 150 valence electrons. The molecule has 0 heterocycles. The van der Waals surface area contributed by atoms with E-state index in [4.69, 9.17) is 4.74 Å². The Morgan fingerprint density at radius 3 is 1.89 bits per heavy atom. The van der Waals surface area contributed by atoms with E-state index in [1.54, 1.807) is 24.3 Å². The van der Waals surface area contributed by atoms with Gasteiger partial charge >= 0.3 is 11.9 Å². The number of benzene rings is 2. The summed E-state index contributed by atoms with van der Waals surface area (Å²) in [6, 6.07) is 10.4. The molecular formula is C21H24FNO5. The van der Waals surface area contributed by atoms with E-state index in [0.717, 1.165) is 5.56 Å². The van der Waals surface area contributed by atoms with Gasteiger partial charge in [-0.15, -0.1) is 0 Å². The third-order valence-corrected chi connectivity index (χ3v) is 4.12. The Kier molecular flexibility index (Phi) is 7.52. The largest absolute Gasteiger partial charge is 0.480 e. The molecule has 2 atom stereocenters. The van der Waals surface area contributed by atoms with Gasteiger partial charge in [0, 0.05) is 0 Å². The van der Waals surface area contributed by atoms with Crippen molar-refractivity contribution in [2.45, 2.75) is 38.8 Å². The highest BCUT2D eigenvalue weighted by molar-refractivity contribution is 5.77. The van der Waals surface area contributed by atoms with Crippen molar-refractivity contribution in [3.8, 4) is 11.5 Å². The molecule has 0 amide bonds. The van der Waals surface area contributed by atoms with Crippen LogP contribution in [0.2, 0.25) is 0 Å². The van der Waals surface area contributed by atoms with Crippen LogP contribution < -0.4 is 10.1 Å². The smallest absolute Gasteiger partial charge is 0.321 e. The highest BCUT2D eigenvalue weighted by atomic mass is 19.1. The highest BCUT2D eigenvalue weighted by Crippen LogP contribution is 2.22. The van der Waals surface area contributed by atoms with Gasteiger partial charge in [0.25, 0.3) is 0 Å². The van der Waals surface area contributed by atoms with E-state index in [9.17, 15) is 24.2 Å². The van der Waals surface area contributed by atoms with Crippen molar-refractivity contribution in [2.24, 2.45) is 5.92 Å². The zero-order chi connectivity index (χ0) is 20.7. The summed E-state index contributed by atoms with van der Waals surface area (Å²) in [4.78, 5) is 23.0. The van der Waals surface area contributed by atoms with E-state index in [0.29, 0.717) is 17.9 Å². The van der Waals surface area contributed by atoms with E-state index in [-0.39, 0.29) is 18.2 Å². The second kappa shape index (κ2) is 9.85. The molecule has 0 aliphatic heterocycles. The summed E-state index contributed by atoms with van der Waals surface area (Å²) in [5.41, 5.74) is 0.722. The summed E-state index contributed by atoms with van der Waals surface area (Å²) in [5, 5.41) is 21.5. The number of carbonyl (C=O) groups is 2. The van der Waals surface area contributed by atoms with Gasteiger partial charge < -0.3 is 14.9 Å². The number of aliphatic carboxylic acids is 2. The number of hydrogen-bond donors (Lipinski definition) is 3. The quantitative estimate of drug-likeness (QED) is 0.573. The van der Waals surface area contributed by atoms with Crippen LogP contribution in [-0.4, -0.2) is 34.2 Å². The average molecular weight is 389 g/mol. The van der Waals surface area contributed by atoms with Crippen LogP contribution >= 0.6 is 0 Å². The minimum atomic E-state index is -1.11. The van der Waals surface area contributed by atoms with Crippen molar-refractivity contribution in [3.05, 3.63) is 59.9 Å². The van der Waals surface area contributed by atoms with Crippen LogP contribution in [0.15, 0.2) is 48.5 Å². The minimum Gasteiger partial charge on any atom is -0.480 e. The average Bonchev–Trinajstić information content (AvgIpc) is 2.63. The Morgan fingerprint density at radius 1 is 0.929 bits per heavy atom. The molecule has 0 aliphatic carbocycles. The first-order chi connectivity index (χ1) is 13.2. The fourth-order valence-corrected chi connectivity index (χ4v) is 2.74. The lowest BCUT2D eigenvalue weighted by atomic mass is 10.0. The molecular weight excluding hydrogens is 365 g/mol. The van der Waals surface area contributed by atoms with E-state index < -0.39 is 24.0 Å². The number of ether oxygens (including phenoxy) is 1. The van der Waals surface area contributed by atoms with Crippen LogP contribution in [0.25, 0.3) is 0 Å². The van der Waals surface area contributed by atoms with Crippen molar-refractivity contribution in [2.75, 3.05) is 0 Å². The third kappa shape index (κ3) is 6.66. The Balaban J connectivity index is 2.03. The van der Waals surface area contributed by atoms with Crippen LogP contribution in [0.4, 0.5) is 4.39 Å². The van der Waals surface area contributed by atoms with Crippen LogP contribution in [0, 0.1) is 11.7 Å². The van der Waals surface area contributed by atoms with Crippen molar-refractivity contribution >= 4 is 11.9 Å². The van der Waals surface area contributed by atoms with Crippen LogP contribution in [0.5, 0.6) is 11.5 Å². The normalized spacial score (nSPS) is 13.1. The molecule has 0 bridgehead atoms. The van der Waals surface area contributed by atoms with E-state index >= 15 is 0 Å². The maximum atomic E-state index is 12.9. The first kappa shape index (κ1) is 21.4. The molecule has 0 unspecified atom stereocenters. The molecule has 2 aromatic carbocycles. The number of hydrogen-bond acceptors (Lipinski definition) is 4. The van der Waals surface area contributed by atoms with E-state index in [2.05, 4.69) is 5.32 Å². The summed E-state index contributed by atoms with van der Waals surface area (Å²) < 4.78 is 18.5. The Morgan fingerprint density at radius 2 is 1.43 bits per heavy atom. The van der Waals surface area contributed by atoms with E-state index in [1.165, 1.54) is 24.3 Å². The summed E-state index contributed by atoms with van der Waals surface area (Å²) in [7, 11) is 0. The highest BCUT2D eigenvalue weighted by Gasteiger charge is 2.26. The molecule has 0 radical (unpaired) electrons. The summed E-state index contributed by atoms with van der Waals surface area (Å²) in [6.07, 6.45) is 0.470. The maximum Gasteiger partial charge on any atom is 0.321 e. The van der Waals surface area contributed by atoms with Gasteiger partial charge in [-0.3, -0.25) is 14.9 Å². The van der Waals surface area contributed by atoms with Gasteiger partial charge in [-0.1, -0.05) is 26.0 Å². The van der Waals surface area contributed by atoms with Crippen LogP contribution in [0.1, 0.15) is 25.8 Å². The second-order valence-corrected chi connectivity index (χ2v) is 6.98. The summed E-state index contributed by atoms with van der Waals surface area (Å²) in [6.45, 7) is 3.76. The SMILES string of the molecule is CC(C)C[C@H](N[C@@H](Cc1ccc(Oc2ccc(F)cc2)cc1)C(=O)O)C(=O)O. The fraction of sp³-hybridized carbons (Fsp3) is 0.333. The summed E-state index contributed by atoms with van der Waals surface area (Å²) in [5.74, 6) is -1.40. The van der Waals surface area contributed by atoms with Gasteiger partial charge in [0.2, 0.25) is 0 Å². The topological polar surface area (TPSA) is 95.9 Å². The van der Waals surface area contributed by atoms with Gasteiger partial charge in [-0.25, -0.2) is 4.39 Å². The number of carboxylic acids is 2. The molecule has 2 rings (SSSR count). The standard InChI is InChI=1S/C21H24FNO5/c1-13(2)11-18(20(24)25)23-19(21(26)27)12-14-3-7-16(8-4-14)28-17-9-5-15(22)6-10-17/h3-10,13,18-19,23H,11-12H2,1-2H3,(H,24,25)(H,26,27)/t18-,19-/m0/s1. The Labute approximate surface area is 163 Å². The third-order valence-electron chi connectivity index (χ3n) is 4.12. The molecule has 0 saturated heterocycles. The van der Waals surface area contributed by atoms with Gasteiger partial charge in [0.15, 0.2) is 0 Å². The molecule has 6 nitrogen and oxygen atoms in total. The zero-order valence-electron chi connectivity index (χ0n) is 15.8. The lowest BCUT2D eigenvalue weighted by Crippen LogP contribution is -2.48. The molecule has 28 heavy (non-hydrogen) atoms. The van der Waals surface area contributed by atoms with Gasteiger partial charge in [-0.05, 0) is 60.7 Å². The molecule has 0 fully saturated rings. The van der Waals surface area contributed by atoms with Gasteiger partial charge in [0.1, 0.15) is 29.4 Å². The van der Waals surface area contributed by atoms with Gasteiger partial charge in [-0.2, -0.15) is 0 Å². The number of halogens is 1. The molecule has 3 N–H and O–H groups in total. The van der Waals surface area contributed by atoms with Crippen molar-refractivity contribution in [1.82, 2.24) is 5.32 Å². The van der Waals surface area contributed by atoms with E-state index in [1.807, 2.05) is 13.8 Å². The molecule has 0 saturated carbocycles. The molecule has 2 aromatic rings. The lowest BCUT2D eigenvalue weighted by Gasteiger charge is -2.21. The molecule has 7 heteroatoms. The molecule has 0 spiro atoms. The van der Waals surface area contributed by atoms with Crippen LogP contribution in [-0.2, 0) is 16.0 Å². The first-order valence-corrected chi connectivity index (χ1v) is 8.98. The van der Waals surface area contributed by atoms with Crippen LogP contribution in [0.3, 0.4) is 0 Å². The Bertz CT molecular complexity index is 789. The maximum absolute atomic E-state index is 12.9. The lowest BCUT2D eigenvalue weighted by molar-refractivity contribution is -0.142. The molecule has 0 aliphatic rings. The number of rotatable bonds is 10. The molecule has 0 aromatic heterocycles. The van der Waals surface area contributed by atoms with Crippen molar-refractivity contribution in [1.29, 1.82) is 0 Å². The minimum absolute atomic E-state index is 0.117. The zero-order valence-corrected chi connectivity index (χ0v) is 15.8. The summed E-state index contributed by atoms with van der Waals surface area (Å²) >= 11 is 0. The first-order valence-electron chi connectivity index (χ1n) is 8.98. The number of nitrogens with one attached hydrogen (secondary N) is 1. The predicted octanol–water partition coefficient (Wildman–Crippen LogP) is 3.70. The van der Waals surface area contributed by atoms with Crippen molar-refractivity contribution in [3.63, 3.8) is 0 Å². The Hall–Kier alpha value is -2.93. The van der Waals surface area contributed by atoms with Gasteiger partial charge in [0.05, 0.1) is 0 Å². The number of carboxylic acid groups (broad SMARTS) is 2. The fourth-order valence-electron chi connectivity index (χ4n) is 2.74. The predicted molar refractivity (Wildman–Crippen MR) is 102 cm³/mol. The van der Waals surface area contributed by atoms with Crippen molar-refractivity contribution < 1.29 is 28.9 Å².